The van der Waals surface area contributed by atoms with Crippen molar-refractivity contribution in [3.63, 3.8) is 0 Å². The Balaban J connectivity index is 1.87. The van der Waals surface area contributed by atoms with Gasteiger partial charge < -0.3 is 19.3 Å². The van der Waals surface area contributed by atoms with Gasteiger partial charge in [0.05, 0.1) is 25.0 Å². The van der Waals surface area contributed by atoms with Crippen molar-refractivity contribution in [2.24, 2.45) is 0 Å². The normalized spacial score (nSPS) is 16.6. The fourth-order valence-corrected chi connectivity index (χ4v) is 3.18. The minimum atomic E-state index is -0.780. The van der Waals surface area contributed by atoms with Crippen LogP contribution in [0, 0.1) is 0 Å². The van der Waals surface area contributed by atoms with Gasteiger partial charge in [0.25, 0.3) is 5.91 Å². The molecular formula is C21H22N2O5. The van der Waals surface area contributed by atoms with Crippen molar-refractivity contribution in [2.45, 2.75) is 12.6 Å². The van der Waals surface area contributed by atoms with E-state index in [0.29, 0.717) is 12.2 Å². The molecule has 0 radical (unpaired) electrons. The molecule has 2 amide bonds. The molecule has 1 heterocycles. The Morgan fingerprint density at radius 2 is 1.82 bits per heavy atom. The molecule has 2 aromatic carbocycles. The summed E-state index contributed by atoms with van der Waals surface area (Å²) >= 11 is 0. The first-order valence-electron chi connectivity index (χ1n) is 8.89. The van der Waals surface area contributed by atoms with Gasteiger partial charge in [0.1, 0.15) is 12.6 Å². The molecule has 28 heavy (non-hydrogen) atoms. The topological polar surface area (TPSA) is 76.1 Å². The number of nitrogens with zero attached hydrogens (tertiary/aromatic N) is 2. The summed E-state index contributed by atoms with van der Waals surface area (Å²) in [6.45, 7) is 0.354. The van der Waals surface area contributed by atoms with Crippen LogP contribution in [0.25, 0.3) is 0 Å². The highest BCUT2D eigenvalue weighted by molar-refractivity contribution is 6.05. The predicted octanol–water partition coefficient (Wildman–Crippen LogP) is 1.86. The number of carbonyl (C=O) groups is 3. The lowest BCUT2D eigenvalue weighted by Gasteiger charge is -2.36. The molecule has 1 fully saturated rings. The monoisotopic (exact) mass is 382 g/mol. The van der Waals surface area contributed by atoms with Crippen LogP contribution in [-0.4, -0.2) is 56.1 Å². The Kier molecular flexibility index (Phi) is 6.06. The largest absolute Gasteiger partial charge is 0.465 e. The van der Waals surface area contributed by atoms with E-state index in [2.05, 4.69) is 0 Å². The van der Waals surface area contributed by atoms with Crippen molar-refractivity contribution in [1.82, 2.24) is 4.90 Å². The molecule has 0 bridgehead atoms. The maximum atomic E-state index is 13.2. The minimum absolute atomic E-state index is 0.0565. The molecule has 7 nitrogen and oxygen atoms in total. The number of esters is 1. The summed E-state index contributed by atoms with van der Waals surface area (Å²) < 4.78 is 10.1. The van der Waals surface area contributed by atoms with Crippen molar-refractivity contribution in [2.75, 3.05) is 32.3 Å². The molecular weight excluding hydrogens is 360 g/mol. The van der Waals surface area contributed by atoms with Gasteiger partial charge in [-0.1, -0.05) is 42.5 Å². The molecule has 1 aliphatic rings. The van der Waals surface area contributed by atoms with Crippen LogP contribution in [0.1, 0.15) is 15.9 Å². The van der Waals surface area contributed by atoms with Crippen molar-refractivity contribution in [3.8, 4) is 0 Å². The first-order valence-corrected chi connectivity index (χ1v) is 8.89. The number of morpholine rings is 1. The van der Waals surface area contributed by atoms with Crippen LogP contribution in [0.5, 0.6) is 0 Å². The lowest BCUT2D eigenvalue weighted by molar-refractivity contribution is -0.154. The number of hydrogen-bond acceptors (Lipinski definition) is 5. The average Bonchev–Trinajstić information content (AvgIpc) is 2.74. The van der Waals surface area contributed by atoms with Crippen molar-refractivity contribution >= 4 is 23.5 Å². The highest BCUT2D eigenvalue weighted by Gasteiger charge is 2.36. The number of amides is 2. The zero-order valence-corrected chi connectivity index (χ0v) is 15.8. The van der Waals surface area contributed by atoms with Gasteiger partial charge in [-0.2, -0.15) is 0 Å². The van der Waals surface area contributed by atoms with Crippen LogP contribution in [0.3, 0.4) is 0 Å². The van der Waals surface area contributed by atoms with Gasteiger partial charge in [-0.15, -0.1) is 0 Å². The van der Waals surface area contributed by atoms with Crippen molar-refractivity contribution < 1.29 is 23.9 Å². The summed E-state index contributed by atoms with van der Waals surface area (Å²) in [6, 6.07) is 15.4. The lowest BCUT2D eigenvalue weighted by atomic mass is 10.1. The van der Waals surface area contributed by atoms with E-state index in [1.54, 1.807) is 31.3 Å². The van der Waals surface area contributed by atoms with E-state index < -0.39 is 12.0 Å². The first kappa shape index (κ1) is 19.6. The van der Waals surface area contributed by atoms with Crippen LogP contribution in [-0.2, 0) is 25.6 Å². The molecule has 0 unspecified atom stereocenters. The standard InChI is InChI=1S/C21H22N2O5/c1-22(17-11-7-6-10-16(17)21(26)27-2)20(25)18-13-28-14-19(24)23(18)12-15-8-4-3-5-9-15/h3-11,18H,12-14H2,1-2H3/t18-/m0/s1. The molecule has 1 saturated heterocycles. The second-order valence-corrected chi connectivity index (χ2v) is 6.44. The van der Waals surface area contributed by atoms with Crippen LogP contribution in [0.2, 0.25) is 0 Å². The second-order valence-electron chi connectivity index (χ2n) is 6.44. The van der Waals surface area contributed by atoms with Gasteiger partial charge >= 0.3 is 5.97 Å². The quantitative estimate of drug-likeness (QED) is 0.738. The molecule has 1 atom stereocenters. The molecule has 0 saturated carbocycles. The van der Waals surface area contributed by atoms with Gasteiger partial charge in [-0.3, -0.25) is 9.59 Å². The molecule has 0 spiro atoms. The summed E-state index contributed by atoms with van der Waals surface area (Å²) in [5.41, 5.74) is 1.61. The number of hydrogen-bond donors (Lipinski definition) is 0. The van der Waals surface area contributed by atoms with E-state index in [1.807, 2.05) is 30.3 Å². The van der Waals surface area contributed by atoms with E-state index in [4.69, 9.17) is 9.47 Å². The summed E-state index contributed by atoms with van der Waals surface area (Å²) in [5.74, 6) is -1.11. The van der Waals surface area contributed by atoms with Crippen molar-refractivity contribution in [3.05, 3.63) is 65.7 Å². The smallest absolute Gasteiger partial charge is 0.339 e. The van der Waals surface area contributed by atoms with Crippen LogP contribution >= 0.6 is 0 Å². The molecule has 0 N–H and O–H groups in total. The Morgan fingerprint density at radius 1 is 1.14 bits per heavy atom. The summed E-state index contributed by atoms with van der Waals surface area (Å²) in [4.78, 5) is 40.6. The van der Waals surface area contributed by atoms with Crippen molar-refractivity contribution in [1.29, 1.82) is 0 Å². The third-order valence-electron chi connectivity index (χ3n) is 4.68. The third kappa shape index (κ3) is 4.04. The molecule has 3 rings (SSSR count). The number of methoxy groups -OCH3 is 1. The maximum absolute atomic E-state index is 13.2. The summed E-state index contributed by atoms with van der Waals surface area (Å²) in [5, 5.41) is 0. The molecule has 7 heteroatoms. The number of anilines is 1. The molecule has 146 valence electrons. The van der Waals surface area contributed by atoms with E-state index in [0.717, 1.165) is 5.56 Å². The number of ether oxygens (including phenoxy) is 2. The average molecular weight is 382 g/mol. The third-order valence-corrected chi connectivity index (χ3v) is 4.68. The lowest BCUT2D eigenvalue weighted by Crippen LogP contribution is -2.56. The Morgan fingerprint density at radius 3 is 2.54 bits per heavy atom. The number of para-hydroxylation sites is 1. The van der Waals surface area contributed by atoms with Crippen LogP contribution in [0.15, 0.2) is 54.6 Å². The predicted molar refractivity (Wildman–Crippen MR) is 103 cm³/mol. The zero-order chi connectivity index (χ0) is 20.1. The molecule has 2 aromatic rings. The Bertz CT molecular complexity index is 868. The number of carbonyl (C=O) groups excluding carboxylic acids is 3. The Labute approximate surface area is 163 Å². The van der Waals surface area contributed by atoms with E-state index >= 15 is 0 Å². The van der Waals surface area contributed by atoms with Gasteiger partial charge in [0.15, 0.2) is 0 Å². The van der Waals surface area contributed by atoms with Gasteiger partial charge in [-0.25, -0.2) is 4.79 Å². The minimum Gasteiger partial charge on any atom is -0.465 e. The van der Waals surface area contributed by atoms with E-state index in [-0.39, 0.29) is 30.6 Å². The zero-order valence-electron chi connectivity index (χ0n) is 15.8. The van der Waals surface area contributed by atoms with Crippen LogP contribution in [0.4, 0.5) is 5.69 Å². The van der Waals surface area contributed by atoms with Gasteiger partial charge in [0.2, 0.25) is 5.91 Å². The number of benzene rings is 2. The highest BCUT2D eigenvalue weighted by atomic mass is 16.5. The number of rotatable bonds is 5. The fourth-order valence-electron chi connectivity index (χ4n) is 3.18. The van der Waals surface area contributed by atoms with E-state index in [9.17, 15) is 14.4 Å². The number of likely N-dealkylation sites (N-methyl/N-ethyl adjacent to an activating group) is 1. The SMILES string of the molecule is COC(=O)c1ccccc1N(C)C(=O)[C@@H]1COCC(=O)N1Cc1ccccc1. The van der Waals surface area contributed by atoms with Crippen LogP contribution < -0.4 is 4.90 Å². The Hall–Kier alpha value is -3.19. The molecule has 1 aliphatic heterocycles. The fraction of sp³-hybridized carbons (Fsp3) is 0.286. The highest BCUT2D eigenvalue weighted by Crippen LogP contribution is 2.23. The van der Waals surface area contributed by atoms with Gasteiger partial charge in [0, 0.05) is 13.6 Å². The van der Waals surface area contributed by atoms with Gasteiger partial charge in [-0.05, 0) is 17.7 Å². The first-order chi connectivity index (χ1) is 13.5. The maximum Gasteiger partial charge on any atom is 0.339 e. The summed E-state index contributed by atoms with van der Waals surface area (Å²) in [6.07, 6.45) is 0. The van der Waals surface area contributed by atoms with E-state index in [1.165, 1.54) is 16.9 Å². The molecule has 0 aromatic heterocycles. The molecule has 0 aliphatic carbocycles. The second kappa shape index (κ2) is 8.67. The summed E-state index contributed by atoms with van der Waals surface area (Å²) in [7, 11) is 2.86.